The van der Waals surface area contributed by atoms with Gasteiger partial charge in [-0.1, -0.05) is 62.4 Å². The number of amides is 2. The highest BCUT2D eigenvalue weighted by Crippen LogP contribution is 2.24. The van der Waals surface area contributed by atoms with E-state index in [2.05, 4.69) is 5.32 Å². The molecule has 208 valence electrons. The van der Waals surface area contributed by atoms with Crippen molar-refractivity contribution in [3.05, 3.63) is 96.3 Å². The van der Waals surface area contributed by atoms with Crippen molar-refractivity contribution < 1.29 is 22.4 Å². The monoisotopic (exact) mass is 553 g/mol. The number of halogens is 1. The standard InChI is InChI=1S/C30H36FN3O4S/c1-4-23(3)32-30(36)28(5-2)33(21-20-24-12-8-6-9-13-24)29(35)22-34(26-14-10-7-11-15-26)39(37,38)27-18-16-25(31)17-19-27/h6-19,23,28H,4-5,20-22H2,1-3H3,(H,32,36). The van der Waals surface area contributed by atoms with Crippen molar-refractivity contribution in [1.82, 2.24) is 10.2 Å². The molecule has 2 amide bonds. The minimum absolute atomic E-state index is 0.0719. The molecule has 0 spiro atoms. The number of carbonyl (C=O) groups excluding carboxylic acids is 2. The van der Waals surface area contributed by atoms with E-state index in [4.69, 9.17) is 0 Å². The summed E-state index contributed by atoms with van der Waals surface area (Å²) in [6.45, 7) is 5.39. The van der Waals surface area contributed by atoms with Crippen molar-refractivity contribution in [2.45, 2.75) is 57.0 Å². The van der Waals surface area contributed by atoms with Crippen LogP contribution in [0.25, 0.3) is 0 Å². The number of nitrogens with one attached hydrogen (secondary N) is 1. The van der Waals surface area contributed by atoms with Gasteiger partial charge in [-0.05, 0) is 68.1 Å². The summed E-state index contributed by atoms with van der Waals surface area (Å²) in [4.78, 5) is 28.5. The predicted molar refractivity (Wildman–Crippen MR) is 151 cm³/mol. The van der Waals surface area contributed by atoms with Crippen LogP contribution in [0.3, 0.4) is 0 Å². The normalized spacial score (nSPS) is 12.8. The first-order valence-electron chi connectivity index (χ1n) is 13.1. The summed E-state index contributed by atoms with van der Waals surface area (Å²) >= 11 is 0. The molecule has 0 fully saturated rings. The lowest BCUT2D eigenvalue weighted by molar-refractivity contribution is -0.139. The van der Waals surface area contributed by atoms with Crippen LogP contribution < -0.4 is 9.62 Å². The maximum atomic E-state index is 13.9. The van der Waals surface area contributed by atoms with Gasteiger partial charge in [0.2, 0.25) is 11.8 Å². The van der Waals surface area contributed by atoms with Gasteiger partial charge in [0.15, 0.2) is 0 Å². The molecule has 0 heterocycles. The second-order valence-corrected chi connectivity index (χ2v) is 11.2. The zero-order valence-corrected chi connectivity index (χ0v) is 23.4. The van der Waals surface area contributed by atoms with E-state index in [9.17, 15) is 22.4 Å². The van der Waals surface area contributed by atoms with Crippen LogP contribution in [-0.4, -0.2) is 50.3 Å². The third kappa shape index (κ3) is 7.89. The highest BCUT2D eigenvalue weighted by Gasteiger charge is 2.33. The summed E-state index contributed by atoms with van der Waals surface area (Å²) in [7, 11) is -4.22. The average Bonchev–Trinajstić information content (AvgIpc) is 2.94. The fourth-order valence-electron chi connectivity index (χ4n) is 4.19. The summed E-state index contributed by atoms with van der Waals surface area (Å²) in [6.07, 6.45) is 1.59. The first-order chi connectivity index (χ1) is 18.7. The molecular formula is C30H36FN3O4S. The van der Waals surface area contributed by atoms with Crippen molar-refractivity contribution in [2.75, 3.05) is 17.4 Å². The molecule has 0 aliphatic heterocycles. The van der Waals surface area contributed by atoms with E-state index in [-0.39, 0.29) is 29.1 Å². The Bertz CT molecular complexity index is 1320. The second kappa shape index (κ2) is 13.9. The zero-order valence-electron chi connectivity index (χ0n) is 22.6. The molecule has 0 saturated carbocycles. The number of benzene rings is 3. The predicted octanol–water partition coefficient (Wildman–Crippen LogP) is 4.79. The molecule has 0 aromatic heterocycles. The zero-order chi connectivity index (χ0) is 28.4. The van der Waals surface area contributed by atoms with Gasteiger partial charge in [0.25, 0.3) is 10.0 Å². The maximum Gasteiger partial charge on any atom is 0.264 e. The average molecular weight is 554 g/mol. The molecule has 3 aromatic rings. The number of hydrogen-bond donors (Lipinski definition) is 1. The van der Waals surface area contributed by atoms with Crippen molar-refractivity contribution in [2.24, 2.45) is 0 Å². The van der Waals surface area contributed by atoms with Crippen LogP contribution in [0.5, 0.6) is 0 Å². The lowest BCUT2D eigenvalue weighted by Gasteiger charge is -2.33. The Balaban J connectivity index is 1.98. The lowest BCUT2D eigenvalue weighted by Crippen LogP contribution is -2.54. The first-order valence-corrected chi connectivity index (χ1v) is 14.6. The van der Waals surface area contributed by atoms with E-state index >= 15 is 0 Å². The van der Waals surface area contributed by atoms with Gasteiger partial charge < -0.3 is 10.2 Å². The minimum atomic E-state index is -4.22. The summed E-state index contributed by atoms with van der Waals surface area (Å²) < 4.78 is 41.9. The van der Waals surface area contributed by atoms with Gasteiger partial charge >= 0.3 is 0 Å². The SMILES string of the molecule is CCC(C)NC(=O)C(CC)N(CCc1ccccc1)C(=O)CN(c1ccccc1)S(=O)(=O)c1ccc(F)cc1. The maximum absolute atomic E-state index is 13.9. The molecular weight excluding hydrogens is 517 g/mol. The van der Waals surface area contributed by atoms with Crippen molar-refractivity contribution >= 4 is 27.5 Å². The van der Waals surface area contributed by atoms with Gasteiger partial charge in [0.1, 0.15) is 18.4 Å². The summed E-state index contributed by atoms with van der Waals surface area (Å²) in [5.41, 5.74) is 1.28. The van der Waals surface area contributed by atoms with Gasteiger partial charge in [-0.3, -0.25) is 13.9 Å². The van der Waals surface area contributed by atoms with Crippen molar-refractivity contribution in [3.63, 3.8) is 0 Å². The summed E-state index contributed by atoms with van der Waals surface area (Å²) in [5.74, 6) is -1.35. The smallest absolute Gasteiger partial charge is 0.264 e. The Labute approximate surface area is 230 Å². The molecule has 2 atom stereocenters. The number of para-hydroxylation sites is 1. The van der Waals surface area contributed by atoms with E-state index in [1.165, 1.54) is 17.0 Å². The largest absolute Gasteiger partial charge is 0.352 e. The minimum Gasteiger partial charge on any atom is -0.352 e. The summed E-state index contributed by atoms with van der Waals surface area (Å²) in [5, 5.41) is 2.96. The number of nitrogens with zero attached hydrogens (tertiary/aromatic N) is 2. The Kier molecular flexibility index (Phi) is 10.6. The fourth-order valence-corrected chi connectivity index (χ4v) is 5.61. The topological polar surface area (TPSA) is 86.8 Å². The molecule has 0 bridgehead atoms. The van der Waals surface area contributed by atoms with Crippen molar-refractivity contribution in [3.8, 4) is 0 Å². The van der Waals surface area contributed by atoms with Crippen LogP contribution in [0.15, 0.2) is 89.8 Å². The molecule has 3 aromatic carbocycles. The van der Waals surface area contributed by atoms with E-state index in [1.54, 1.807) is 30.3 Å². The van der Waals surface area contributed by atoms with E-state index in [1.807, 2.05) is 51.1 Å². The van der Waals surface area contributed by atoms with Gasteiger partial charge in [-0.15, -0.1) is 0 Å². The van der Waals surface area contributed by atoms with Crippen LogP contribution in [-0.2, 0) is 26.0 Å². The molecule has 2 unspecified atom stereocenters. The first kappa shape index (κ1) is 29.8. The van der Waals surface area contributed by atoms with Gasteiger partial charge in [0, 0.05) is 12.6 Å². The van der Waals surface area contributed by atoms with E-state index < -0.39 is 34.3 Å². The van der Waals surface area contributed by atoms with Gasteiger partial charge in [-0.25, -0.2) is 12.8 Å². The number of anilines is 1. The second-order valence-electron chi connectivity index (χ2n) is 9.37. The van der Waals surface area contributed by atoms with Crippen LogP contribution in [0, 0.1) is 5.82 Å². The Morgan fingerprint density at radius 1 is 0.872 bits per heavy atom. The van der Waals surface area contributed by atoms with Crippen LogP contribution in [0.2, 0.25) is 0 Å². The molecule has 7 nitrogen and oxygen atoms in total. The Hall–Kier alpha value is -3.72. The fraction of sp³-hybridized carbons (Fsp3) is 0.333. The molecule has 0 aliphatic rings. The molecule has 9 heteroatoms. The quantitative estimate of drug-likeness (QED) is 0.330. The molecule has 0 radical (unpaired) electrons. The van der Waals surface area contributed by atoms with Crippen molar-refractivity contribution in [1.29, 1.82) is 0 Å². The molecule has 0 saturated heterocycles. The van der Waals surface area contributed by atoms with Gasteiger partial charge in [-0.2, -0.15) is 0 Å². The lowest BCUT2D eigenvalue weighted by atomic mass is 10.1. The number of hydrogen-bond acceptors (Lipinski definition) is 4. The van der Waals surface area contributed by atoms with E-state index in [0.29, 0.717) is 12.8 Å². The molecule has 3 rings (SSSR count). The molecule has 0 aliphatic carbocycles. The van der Waals surface area contributed by atoms with Crippen LogP contribution in [0.4, 0.5) is 10.1 Å². The van der Waals surface area contributed by atoms with Crippen LogP contribution in [0.1, 0.15) is 39.2 Å². The molecule has 1 N–H and O–H groups in total. The number of sulfonamides is 1. The third-order valence-electron chi connectivity index (χ3n) is 6.60. The molecule has 39 heavy (non-hydrogen) atoms. The third-order valence-corrected chi connectivity index (χ3v) is 8.38. The van der Waals surface area contributed by atoms with Gasteiger partial charge in [0.05, 0.1) is 10.6 Å². The van der Waals surface area contributed by atoms with Crippen LogP contribution >= 0.6 is 0 Å². The highest BCUT2D eigenvalue weighted by atomic mass is 32.2. The number of rotatable bonds is 13. The van der Waals surface area contributed by atoms with E-state index in [0.717, 1.165) is 28.4 Å². The highest BCUT2D eigenvalue weighted by molar-refractivity contribution is 7.92. The Morgan fingerprint density at radius 2 is 1.46 bits per heavy atom. The Morgan fingerprint density at radius 3 is 2.03 bits per heavy atom. The summed E-state index contributed by atoms with van der Waals surface area (Å²) in [6, 6.07) is 21.5. The number of carbonyl (C=O) groups is 2.